The van der Waals surface area contributed by atoms with Crippen molar-refractivity contribution in [1.82, 2.24) is 5.32 Å². The SMILES string of the molecule is CC(C)(C)C(CCBr)NC(=O)C1CCCCC1(C)C. The fraction of sp³-hybridized carbons (Fsp3) is 0.938. The van der Waals surface area contributed by atoms with Crippen molar-refractivity contribution in [2.75, 3.05) is 5.33 Å². The fourth-order valence-electron chi connectivity index (χ4n) is 3.08. The minimum absolute atomic E-state index is 0.113. The zero-order chi connectivity index (χ0) is 14.7. The molecule has 0 saturated heterocycles. The van der Waals surface area contributed by atoms with Crippen molar-refractivity contribution in [1.29, 1.82) is 0 Å². The lowest BCUT2D eigenvalue weighted by Crippen LogP contribution is -2.49. The Balaban J connectivity index is 2.71. The number of rotatable bonds is 4. The largest absolute Gasteiger partial charge is 0.353 e. The molecular weight excluding hydrogens is 302 g/mol. The van der Waals surface area contributed by atoms with Gasteiger partial charge in [0, 0.05) is 17.3 Å². The molecule has 1 rings (SSSR count). The number of hydrogen-bond donors (Lipinski definition) is 1. The summed E-state index contributed by atoms with van der Waals surface area (Å²) >= 11 is 3.50. The van der Waals surface area contributed by atoms with Crippen molar-refractivity contribution in [3.8, 4) is 0 Å². The molecule has 1 N–H and O–H groups in total. The van der Waals surface area contributed by atoms with Gasteiger partial charge in [-0.2, -0.15) is 0 Å². The average molecular weight is 332 g/mol. The molecule has 2 nitrogen and oxygen atoms in total. The molecule has 112 valence electrons. The van der Waals surface area contributed by atoms with E-state index in [-0.39, 0.29) is 28.7 Å². The molecule has 1 amide bonds. The lowest BCUT2D eigenvalue weighted by atomic mass is 9.68. The molecule has 1 saturated carbocycles. The number of carbonyl (C=O) groups is 1. The summed E-state index contributed by atoms with van der Waals surface area (Å²) in [6.07, 6.45) is 5.66. The van der Waals surface area contributed by atoms with Crippen LogP contribution < -0.4 is 5.32 Å². The van der Waals surface area contributed by atoms with E-state index in [0.29, 0.717) is 0 Å². The second-order valence-corrected chi connectivity index (χ2v) is 8.48. The summed E-state index contributed by atoms with van der Waals surface area (Å²) in [5.41, 5.74) is 0.265. The predicted molar refractivity (Wildman–Crippen MR) is 85.5 cm³/mol. The van der Waals surface area contributed by atoms with Crippen molar-refractivity contribution in [2.24, 2.45) is 16.7 Å². The van der Waals surface area contributed by atoms with E-state index in [1.807, 2.05) is 0 Å². The summed E-state index contributed by atoms with van der Waals surface area (Å²) in [6, 6.07) is 0.247. The monoisotopic (exact) mass is 331 g/mol. The van der Waals surface area contributed by atoms with Crippen molar-refractivity contribution >= 4 is 21.8 Å². The highest BCUT2D eigenvalue weighted by Crippen LogP contribution is 2.40. The van der Waals surface area contributed by atoms with E-state index in [1.54, 1.807) is 0 Å². The van der Waals surface area contributed by atoms with Gasteiger partial charge in [-0.3, -0.25) is 4.79 Å². The van der Waals surface area contributed by atoms with Gasteiger partial charge < -0.3 is 5.32 Å². The van der Waals surface area contributed by atoms with Crippen LogP contribution in [0.2, 0.25) is 0 Å². The number of amides is 1. The third-order valence-corrected chi connectivity index (χ3v) is 5.04. The summed E-state index contributed by atoms with van der Waals surface area (Å²) in [6.45, 7) is 11.1. The summed E-state index contributed by atoms with van der Waals surface area (Å²) in [4.78, 5) is 12.6. The van der Waals surface area contributed by atoms with Gasteiger partial charge in [-0.1, -0.05) is 63.4 Å². The zero-order valence-corrected chi connectivity index (χ0v) is 14.8. The number of alkyl halides is 1. The quantitative estimate of drug-likeness (QED) is 0.754. The Kier molecular flexibility index (Phi) is 5.91. The van der Waals surface area contributed by atoms with Crippen molar-refractivity contribution in [3.63, 3.8) is 0 Å². The molecule has 0 spiro atoms. The molecule has 0 aromatic rings. The maximum atomic E-state index is 12.6. The van der Waals surface area contributed by atoms with Crippen LogP contribution in [0.1, 0.15) is 66.7 Å². The summed E-state index contributed by atoms with van der Waals surface area (Å²) in [5.74, 6) is 0.451. The first-order valence-electron chi connectivity index (χ1n) is 7.55. The van der Waals surface area contributed by atoms with E-state index < -0.39 is 0 Å². The van der Waals surface area contributed by atoms with E-state index in [1.165, 1.54) is 19.3 Å². The average Bonchev–Trinajstić information content (AvgIpc) is 2.26. The highest BCUT2D eigenvalue weighted by atomic mass is 79.9. The first-order chi connectivity index (χ1) is 8.68. The standard InChI is InChI=1S/C16H30BrNO/c1-15(2,3)13(9-11-17)18-14(19)12-8-6-7-10-16(12,4)5/h12-13H,6-11H2,1-5H3,(H,18,19). The van der Waals surface area contributed by atoms with Gasteiger partial charge in [-0.05, 0) is 30.1 Å². The second-order valence-electron chi connectivity index (χ2n) is 7.69. The third-order valence-electron chi connectivity index (χ3n) is 4.58. The second kappa shape index (κ2) is 6.60. The van der Waals surface area contributed by atoms with E-state index in [9.17, 15) is 4.79 Å². The maximum absolute atomic E-state index is 12.6. The lowest BCUT2D eigenvalue weighted by molar-refractivity contribution is -0.131. The Morgan fingerprint density at radius 3 is 2.47 bits per heavy atom. The van der Waals surface area contributed by atoms with E-state index in [4.69, 9.17) is 0 Å². The number of nitrogens with one attached hydrogen (secondary N) is 1. The topological polar surface area (TPSA) is 29.1 Å². The molecule has 0 aromatic heterocycles. The van der Waals surface area contributed by atoms with Gasteiger partial charge in [-0.15, -0.1) is 0 Å². The van der Waals surface area contributed by atoms with Crippen LogP contribution in [0.4, 0.5) is 0 Å². The Labute approximate surface area is 127 Å². The van der Waals surface area contributed by atoms with Crippen LogP contribution in [0.3, 0.4) is 0 Å². The molecular formula is C16H30BrNO. The van der Waals surface area contributed by atoms with Crippen LogP contribution in [-0.4, -0.2) is 17.3 Å². The Morgan fingerprint density at radius 1 is 1.37 bits per heavy atom. The van der Waals surface area contributed by atoms with Gasteiger partial charge in [-0.25, -0.2) is 0 Å². The summed E-state index contributed by atoms with van der Waals surface area (Å²) in [7, 11) is 0. The fourth-order valence-corrected chi connectivity index (χ4v) is 3.54. The van der Waals surface area contributed by atoms with Crippen LogP contribution in [0.15, 0.2) is 0 Å². The highest BCUT2D eigenvalue weighted by molar-refractivity contribution is 9.09. The molecule has 0 bridgehead atoms. The van der Waals surface area contributed by atoms with Crippen LogP contribution in [0.25, 0.3) is 0 Å². The molecule has 1 aliphatic rings. The molecule has 2 atom stereocenters. The summed E-state index contributed by atoms with van der Waals surface area (Å²) < 4.78 is 0. The van der Waals surface area contributed by atoms with Gasteiger partial charge in [0.25, 0.3) is 0 Å². The minimum Gasteiger partial charge on any atom is -0.353 e. The first kappa shape index (κ1) is 17.0. The lowest BCUT2D eigenvalue weighted by Gasteiger charge is -2.40. The van der Waals surface area contributed by atoms with Gasteiger partial charge in [0.15, 0.2) is 0 Å². The minimum atomic E-state index is 0.113. The Bertz CT molecular complexity index is 306. The molecule has 2 unspecified atom stereocenters. The van der Waals surface area contributed by atoms with E-state index in [2.05, 4.69) is 55.9 Å². The third kappa shape index (κ3) is 4.77. The smallest absolute Gasteiger partial charge is 0.223 e. The number of hydrogen-bond acceptors (Lipinski definition) is 1. The molecule has 0 heterocycles. The number of carbonyl (C=O) groups excluding carboxylic acids is 1. The molecule has 3 heteroatoms. The molecule has 1 aliphatic carbocycles. The molecule has 0 aromatic carbocycles. The van der Waals surface area contributed by atoms with Crippen LogP contribution in [0.5, 0.6) is 0 Å². The van der Waals surface area contributed by atoms with E-state index in [0.717, 1.165) is 18.2 Å². The Morgan fingerprint density at radius 2 is 2.00 bits per heavy atom. The molecule has 0 radical (unpaired) electrons. The van der Waals surface area contributed by atoms with Crippen molar-refractivity contribution in [2.45, 2.75) is 72.8 Å². The first-order valence-corrected chi connectivity index (χ1v) is 8.67. The van der Waals surface area contributed by atoms with Crippen LogP contribution >= 0.6 is 15.9 Å². The van der Waals surface area contributed by atoms with Crippen molar-refractivity contribution in [3.05, 3.63) is 0 Å². The van der Waals surface area contributed by atoms with Crippen molar-refractivity contribution < 1.29 is 4.79 Å². The highest BCUT2D eigenvalue weighted by Gasteiger charge is 2.38. The van der Waals surface area contributed by atoms with Gasteiger partial charge in [0.05, 0.1) is 0 Å². The van der Waals surface area contributed by atoms with Gasteiger partial charge in [0.1, 0.15) is 0 Å². The van der Waals surface area contributed by atoms with Crippen LogP contribution in [0, 0.1) is 16.7 Å². The molecule has 19 heavy (non-hydrogen) atoms. The zero-order valence-electron chi connectivity index (χ0n) is 13.2. The molecule has 1 fully saturated rings. The normalized spacial score (nSPS) is 24.8. The summed E-state index contributed by atoms with van der Waals surface area (Å²) in [5, 5.41) is 4.25. The van der Waals surface area contributed by atoms with Crippen LogP contribution in [-0.2, 0) is 4.79 Å². The van der Waals surface area contributed by atoms with E-state index >= 15 is 0 Å². The maximum Gasteiger partial charge on any atom is 0.223 e. The Hall–Kier alpha value is -0.0500. The molecule has 0 aliphatic heterocycles. The van der Waals surface area contributed by atoms with Gasteiger partial charge in [0.2, 0.25) is 5.91 Å². The number of halogens is 1. The predicted octanol–water partition coefficient (Wildman–Crippen LogP) is 4.52. The van der Waals surface area contributed by atoms with Gasteiger partial charge >= 0.3 is 0 Å².